The van der Waals surface area contributed by atoms with Crippen molar-refractivity contribution in [3.05, 3.63) is 102 Å². The molecule has 1 amide bonds. The minimum Gasteiger partial charge on any atom is -0.507 e. The second kappa shape index (κ2) is 10.8. The van der Waals surface area contributed by atoms with Crippen molar-refractivity contribution in [3.63, 3.8) is 0 Å². The maximum absolute atomic E-state index is 13.3. The first-order chi connectivity index (χ1) is 17.5. The number of Topliss-reactive ketones (excluding diaryl/α,β-unsaturated/α-hetero) is 1. The van der Waals surface area contributed by atoms with E-state index in [-0.39, 0.29) is 17.9 Å². The number of aliphatic hydroxyl groups is 1. The van der Waals surface area contributed by atoms with Gasteiger partial charge in [-0.05, 0) is 48.0 Å². The lowest BCUT2D eigenvalue weighted by molar-refractivity contribution is -0.140. The van der Waals surface area contributed by atoms with Crippen molar-refractivity contribution in [2.45, 2.75) is 12.6 Å². The number of amides is 1. The molecule has 0 spiro atoms. The number of ketones is 1. The molecule has 0 bridgehead atoms. The molecule has 184 valence electrons. The van der Waals surface area contributed by atoms with Crippen LogP contribution in [0.3, 0.4) is 0 Å². The van der Waals surface area contributed by atoms with Crippen LogP contribution in [0.5, 0.6) is 17.2 Å². The zero-order valence-electron chi connectivity index (χ0n) is 20.0. The Morgan fingerprint density at radius 2 is 1.83 bits per heavy atom. The quantitative estimate of drug-likeness (QED) is 0.209. The predicted molar refractivity (Wildman–Crippen MR) is 134 cm³/mol. The van der Waals surface area contributed by atoms with E-state index < -0.39 is 17.7 Å². The largest absolute Gasteiger partial charge is 0.507 e. The highest BCUT2D eigenvalue weighted by Gasteiger charge is 2.47. The highest BCUT2D eigenvalue weighted by Crippen LogP contribution is 2.44. The number of carbonyl (C=O) groups excluding carboxylic acids is 2. The molecule has 1 N–H and O–H groups in total. The number of ether oxygens (including phenoxy) is 3. The molecule has 0 radical (unpaired) electrons. The van der Waals surface area contributed by atoms with Gasteiger partial charge >= 0.3 is 0 Å². The van der Waals surface area contributed by atoms with Crippen molar-refractivity contribution < 1.29 is 28.9 Å². The predicted octanol–water partition coefficient (Wildman–Crippen LogP) is 4.29. The minimum atomic E-state index is -0.900. The van der Waals surface area contributed by atoms with Gasteiger partial charge in [0, 0.05) is 36.1 Å². The zero-order valence-corrected chi connectivity index (χ0v) is 20.0. The summed E-state index contributed by atoms with van der Waals surface area (Å²) in [6, 6.07) is 14.4. The molecule has 0 saturated carbocycles. The van der Waals surface area contributed by atoms with Crippen LogP contribution in [-0.4, -0.2) is 47.5 Å². The molecule has 0 unspecified atom stereocenters. The van der Waals surface area contributed by atoms with E-state index in [1.807, 2.05) is 6.07 Å². The maximum Gasteiger partial charge on any atom is 0.295 e. The standard InChI is InChI=1S/C28H26N2O6/c1-4-14-36-20-9-7-19(8-10-20)26(31)24-25(22-12-11-21(34-2)15-23(22)35-3)30(28(33)27(24)32)17-18-6-5-13-29-16-18/h4-13,15-16,25,31H,1,14,17H2,2-3H3/t25-/m1/s1. The Morgan fingerprint density at radius 1 is 1.08 bits per heavy atom. The lowest BCUT2D eigenvalue weighted by Gasteiger charge is -2.26. The zero-order chi connectivity index (χ0) is 25.7. The molecule has 1 saturated heterocycles. The third-order valence-corrected chi connectivity index (χ3v) is 5.85. The Bertz CT molecular complexity index is 1300. The number of methoxy groups -OCH3 is 2. The van der Waals surface area contributed by atoms with Gasteiger partial charge in [-0.1, -0.05) is 18.7 Å². The van der Waals surface area contributed by atoms with Gasteiger partial charge in [-0.2, -0.15) is 0 Å². The molecule has 1 atom stereocenters. The molecular formula is C28H26N2O6. The molecule has 1 aliphatic heterocycles. The van der Waals surface area contributed by atoms with Gasteiger partial charge in [-0.3, -0.25) is 14.6 Å². The molecule has 4 rings (SSSR count). The van der Waals surface area contributed by atoms with Gasteiger partial charge in [-0.25, -0.2) is 0 Å². The van der Waals surface area contributed by atoms with Gasteiger partial charge in [-0.15, -0.1) is 0 Å². The molecule has 2 aromatic carbocycles. The number of hydrogen-bond acceptors (Lipinski definition) is 7. The van der Waals surface area contributed by atoms with Crippen molar-refractivity contribution in [1.82, 2.24) is 9.88 Å². The number of rotatable bonds is 9. The second-order valence-electron chi connectivity index (χ2n) is 8.02. The first-order valence-electron chi connectivity index (χ1n) is 11.2. The van der Waals surface area contributed by atoms with Crippen LogP contribution < -0.4 is 14.2 Å². The number of benzene rings is 2. The van der Waals surface area contributed by atoms with Crippen LogP contribution in [0.25, 0.3) is 5.76 Å². The Hall–Kier alpha value is -4.59. The summed E-state index contributed by atoms with van der Waals surface area (Å²) < 4.78 is 16.4. The van der Waals surface area contributed by atoms with Crippen LogP contribution in [0, 0.1) is 0 Å². The van der Waals surface area contributed by atoms with Gasteiger partial charge in [0.2, 0.25) is 0 Å². The van der Waals surface area contributed by atoms with Crippen molar-refractivity contribution in [3.8, 4) is 17.2 Å². The van der Waals surface area contributed by atoms with Crippen LogP contribution in [0.2, 0.25) is 0 Å². The van der Waals surface area contributed by atoms with Crippen LogP contribution in [0.4, 0.5) is 0 Å². The number of hydrogen-bond donors (Lipinski definition) is 1. The number of aromatic nitrogens is 1. The smallest absolute Gasteiger partial charge is 0.295 e. The molecule has 0 aliphatic carbocycles. The van der Waals surface area contributed by atoms with E-state index in [4.69, 9.17) is 14.2 Å². The highest BCUT2D eigenvalue weighted by molar-refractivity contribution is 6.46. The Morgan fingerprint density at radius 3 is 2.47 bits per heavy atom. The van der Waals surface area contributed by atoms with E-state index in [0.717, 1.165) is 5.56 Å². The molecular weight excluding hydrogens is 460 g/mol. The fraction of sp³-hybridized carbons (Fsp3) is 0.179. The summed E-state index contributed by atoms with van der Waals surface area (Å²) in [6.07, 6.45) is 4.88. The van der Waals surface area contributed by atoms with E-state index in [1.165, 1.54) is 19.1 Å². The number of aliphatic hydroxyl groups excluding tert-OH is 1. The monoisotopic (exact) mass is 486 g/mol. The first-order valence-corrected chi connectivity index (χ1v) is 11.2. The van der Waals surface area contributed by atoms with E-state index in [0.29, 0.717) is 35.0 Å². The van der Waals surface area contributed by atoms with Crippen molar-refractivity contribution in [2.24, 2.45) is 0 Å². The Labute approximate surface area is 209 Å². The minimum absolute atomic E-state index is 0.0351. The summed E-state index contributed by atoms with van der Waals surface area (Å²) in [5.74, 6) is -0.260. The van der Waals surface area contributed by atoms with Crippen LogP contribution in [0.1, 0.15) is 22.7 Å². The summed E-state index contributed by atoms with van der Waals surface area (Å²) in [7, 11) is 3.03. The third kappa shape index (κ3) is 4.79. The van der Waals surface area contributed by atoms with Gasteiger partial charge in [0.05, 0.1) is 25.8 Å². The number of likely N-dealkylation sites (tertiary alicyclic amines) is 1. The second-order valence-corrected chi connectivity index (χ2v) is 8.02. The fourth-order valence-electron chi connectivity index (χ4n) is 4.12. The van der Waals surface area contributed by atoms with Gasteiger partial charge in [0.25, 0.3) is 11.7 Å². The fourth-order valence-corrected chi connectivity index (χ4v) is 4.12. The van der Waals surface area contributed by atoms with E-state index in [2.05, 4.69) is 11.6 Å². The number of nitrogens with zero attached hydrogens (tertiary/aromatic N) is 2. The Balaban J connectivity index is 1.85. The van der Waals surface area contributed by atoms with E-state index >= 15 is 0 Å². The molecule has 36 heavy (non-hydrogen) atoms. The molecule has 3 aromatic rings. The SMILES string of the molecule is C=CCOc1ccc(C(O)=C2C(=O)C(=O)N(Cc3cccnc3)[C@@H]2c2ccc(OC)cc2OC)cc1. The van der Waals surface area contributed by atoms with E-state index in [9.17, 15) is 14.7 Å². The van der Waals surface area contributed by atoms with Crippen LogP contribution >= 0.6 is 0 Å². The number of pyridine rings is 1. The van der Waals surface area contributed by atoms with Crippen molar-refractivity contribution in [2.75, 3.05) is 20.8 Å². The summed E-state index contributed by atoms with van der Waals surface area (Å²) >= 11 is 0. The lowest BCUT2D eigenvalue weighted by Crippen LogP contribution is -2.29. The molecule has 8 nitrogen and oxygen atoms in total. The molecule has 1 fully saturated rings. The van der Waals surface area contributed by atoms with Gasteiger partial charge in [0.1, 0.15) is 29.6 Å². The molecule has 2 heterocycles. The van der Waals surface area contributed by atoms with Crippen molar-refractivity contribution in [1.29, 1.82) is 0 Å². The highest BCUT2D eigenvalue weighted by atomic mass is 16.5. The van der Waals surface area contributed by atoms with Gasteiger partial charge < -0.3 is 24.2 Å². The average molecular weight is 487 g/mol. The summed E-state index contributed by atoms with van der Waals surface area (Å²) in [5.41, 5.74) is 1.61. The topological polar surface area (TPSA) is 98.2 Å². The first kappa shape index (κ1) is 24.5. The normalized spacial score (nSPS) is 16.6. The van der Waals surface area contributed by atoms with Gasteiger partial charge in [0.15, 0.2) is 0 Å². The van der Waals surface area contributed by atoms with Crippen LogP contribution in [-0.2, 0) is 16.1 Å². The number of carbonyl (C=O) groups is 2. The molecule has 8 heteroatoms. The lowest BCUT2D eigenvalue weighted by atomic mass is 9.94. The van der Waals surface area contributed by atoms with Crippen LogP contribution in [0.15, 0.2) is 85.2 Å². The van der Waals surface area contributed by atoms with Crippen molar-refractivity contribution >= 4 is 17.4 Å². The summed E-state index contributed by atoms with van der Waals surface area (Å²) in [6.45, 7) is 4.07. The van der Waals surface area contributed by atoms with E-state index in [1.54, 1.807) is 67.0 Å². The summed E-state index contributed by atoms with van der Waals surface area (Å²) in [5, 5.41) is 11.3. The maximum atomic E-state index is 13.3. The Kier molecular flexibility index (Phi) is 7.34. The third-order valence-electron chi connectivity index (χ3n) is 5.85. The molecule has 1 aliphatic rings. The molecule has 1 aromatic heterocycles. The summed E-state index contributed by atoms with van der Waals surface area (Å²) in [4.78, 5) is 32.1. The average Bonchev–Trinajstić information content (AvgIpc) is 3.16.